The number of fused-ring (bicyclic) bond motifs is 2. The molecule has 2 aliphatic rings. The highest BCUT2D eigenvalue weighted by molar-refractivity contribution is 5.82. The topological polar surface area (TPSA) is 55.8 Å². The third-order valence-corrected chi connectivity index (χ3v) is 4.26. The molecule has 102 valence electrons. The van der Waals surface area contributed by atoms with Crippen LogP contribution in [0.4, 0.5) is 0 Å². The van der Waals surface area contributed by atoms with Crippen LogP contribution >= 0.6 is 0 Å². The first-order chi connectivity index (χ1) is 9.03. The van der Waals surface area contributed by atoms with E-state index in [1.807, 2.05) is 0 Å². The van der Waals surface area contributed by atoms with Crippen LogP contribution < -0.4 is 0 Å². The first kappa shape index (κ1) is 13.9. The Kier molecular flexibility index (Phi) is 3.34. The number of rotatable bonds is 3. The molecule has 2 fully saturated rings. The molecule has 0 aromatic carbocycles. The molecule has 2 atom stereocenters. The Bertz CT molecular complexity index is 456. The van der Waals surface area contributed by atoms with Gasteiger partial charge in [0.2, 0.25) is 5.60 Å². The largest absolute Gasteiger partial charge is 0.465 e. The van der Waals surface area contributed by atoms with Crippen LogP contribution in [0.5, 0.6) is 0 Å². The van der Waals surface area contributed by atoms with Crippen molar-refractivity contribution in [3.05, 3.63) is 0 Å². The van der Waals surface area contributed by atoms with E-state index in [0.717, 1.165) is 6.42 Å². The van der Waals surface area contributed by atoms with Gasteiger partial charge in [0, 0.05) is 0 Å². The molecule has 4 heteroatoms. The predicted molar refractivity (Wildman–Crippen MR) is 68.8 cm³/mol. The maximum absolute atomic E-state index is 12.4. The lowest BCUT2D eigenvalue weighted by atomic mass is 9.63. The zero-order valence-corrected chi connectivity index (χ0v) is 11.1. The van der Waals surface area contributed by atoms with Crippen LogP contribution in [-0.4, -0.2) is 35.5 Å². The number of terminal acetylenes is 2. The lowest BCUT2D eigenvalue weighted by molar-refractivity contribution is -0.160. The van der Waals surface area contributed by atoms with Crippen molar-refractivity contribution in [2.45, 2.75) is 43.8 Å². The first-order valence-electron chi connectivity index (χ1n) is 6.47. The number of esters is 1. The van der Waals surface area contributed by atoms with Gasteiger partial charge >= 0.3 is 5.97 Å². The maximum Gasteiger partial charge on any atom is 0.317 e. The third kappa shape index (κ3) is 1.68. The van der Waals surface area contributed by atoms with Crippen LogP contribution in [0.25, 0.3) is 0 Å². The van der Waals surface area contributed by atoms with Crippen molar-refractivity contribution in [2.75, 3.05) is 13.2 Å². The minimum atomic E-state index is -1.42. The maximum atomic E-state index is 12.4. The molecule has 1 saturated carbocycles. The monoisotopic (exact) mass is 262 g/mol. The first-order valence-corrected chi connectivity index (χ1v) is 6.47. The molecular formula is C15H18O4. The van der Waals surface area contributed by atoms with Gasteiger partial charge in [-0.05, 0) is 32.6 Å². The Morgan fingerprint density at radius 1 is 1.42 bits per heavy atom. The van der Waals surface area contributed by atoms with Crippen LogP contribution in [0.2, 0.25) is 0 Å². The summed E-state index contributed by atoms with van der Waals surface area (Å²) in [7, 11) is 0. The average Bonchev–Trinajstić information content (AvgIpc) is 2.65. The zero-order valence-electron chi connectivity index (χ0n) is 11.1. The van der Waals surface area contributed by atoms with Gasteiger partial charge in [0.25, 0.3) is 0 Å². The van der Waals surface area contributed by atoms with E-state index in [0.29, 0.717) is 19.3 Å². The van der Waals surface area contributed by atoms with Crippen LogP contribution in [0.3, 0.4) is 0 Å². The van der Waals surface area contributed by atoms with Crippen molar-refractivity contribution in [1.82, 2.24) is 0 Å². The molecule has 0 radical (unpaired) electrons. The van der Waals surface area contributed by atoms with E-state index < -0.39 is 22.6 Å². The SMILES string of the molecule is C#CC1(C#C)O[C@]2(CO)CCC[C@@]1(C(=O)OCC)C2. The average molecular weight is 262 g/mol. The molecule has 2 bridgehead atoms. The van der Waals surface area contributed by atoms with Gasteiger partial charge < -0.3 is 14.6 Å². The number of carbonyl (C=O) groups is 1. The molecule has 4 nitrogen and oxygen atoms in total. The number of hydrogen-bond donors (Lipinski definition) is 1. The number of ether oxygens (including phenoxy) is 2. The summed E-state index contributed by atoms with van der Waals surface area (Å²) in [6.07, 6.45) is 13.4. The van der Waals surface area contributed by atoms with Crippen molar-refractivity contribution in [2.24, 2.45) is 5.41 Å². The molecular weight excluding hydrogens is 244 g/mol. The van der Waals surface area contributed by atoms with Gasteiger partial charge in [-0.1, -0.05) is 11.8 Å². The molecule has 1 N–H and O–H groups in total. The minimum Gasteiger partial charge on any atom is -0.465 e. The second kappa shape index (κ2) is 4.56. The number of carbonyl (C=O) groups excluding carboxylic acids is 1. The molecule has 2 rings (SSSR count). The Hall–Kier alpha value is -1.49. The van der Waals surface area contributed by atoms with Crippen LogP contribution in [0.15, 0.2) is 0 Å². The van der Waals surface area contributed by atoms with Gasteiger partial charge in [-0.2, -0.15) is 0 Å². The number of aliphatic hydroxyl groups is 1. The van der Waals surface area contributed by atoms with Crippen molar-refractivity contribution < 1.29 is 19.4 Å². The van der Waals surface area contributed by atoms with Crippen molar-refractivity contribution in [3.8, 4) is 24.7 Å². The summed E-state index contributed by atoms with van der Waals surface area (Å²) in [5, 5.41) is 9.60. The fourth-order valence-electron chi connectivity index (χ4n) is 3.38. The summed E-state index contributed by atoms with van der Waals surface area (Å²) in [5.41, 5.74) is -3.27. The van der Waals surface area contributed by atoms with Gasteiger partial charge in [-0.3, -0.25) is 4.79 Å². The fraction of sp³-hybridized carbons (Fsp3) is 0.667. The van der Waals surface area contributed by atoms with Gasteiger partial charge in [-0.25, -0.2) is 0 Å². The highest BCUT2D eigenvalue weighted by Gasteiger charge is 2.70. The molecule has 0 unspecified atom stereocenters. The molecule has 1 aliphatic carbocycles. The quantitative estimate of drug-likeness (QED) is 0.606. The Labute approximate surface area is 113 Å². The summed E-state index contributed by atoms with van der Waals surface area (Å²) >= 11 is 0. The van der Waals surface area contributed by atoms with E-state index in [1.165, 1.54) is 0 Å². The van der Waals surface area contributed by atoms with Gasteiger partial charge in [-0.15, -0.1) is 12.8 Å². The van der Waals surface area contributed by atoms with Gasteiger partial charge in [0.15, 0.2) is 0 Å². The second-order valence-corrected chi connectivity index (χ2v) is 5.25. The lowest BCUT2D eigenvalue weighted by Crippen LogP contribution is -2.49. The highest BCUT2D eigenvalue weighted by atomic mass is 16.6. The highest BCUT2D eigenvalue weighted by Crippen LogP contribution is 2.59. The minimum absolute atomic E-state index is 0.195. The Morgan fingerprint density at radius 3 is 2.63 bits per heavy atom. The second-order valence-electron chi connectivity index (χ2n) is 5.25. The van der Waals surface area contributed by atoms with Crippen LogP contribution in [-0.2, 0) is 14.3 Å². The van der Waals surface area contributed by atoms with Crippen molar-refractivity contribution in [3.63, 3.8) is 0 Å². The van der Waals surface area contributed by atoms with Crippen LogP contribution in [0, 0.1) is 30.1 Å². The molecule has 1 saturated heterocycles. The van der Waals surface area contributed by atoms with Gasteiger partial charge in [0.1, 0.15) is 5.41 Å². The molecule has 0 aromatic heterocycles. The van der Waals surface area contributed by atoms with Crippen molar-refractivity contribution in [1.29, 1.82) is 0 Å². The number of hydrogen-bond acceptors (Lipinski definition) is 4. The zero-order chi connectivity index (χ0) is 14.1. The van der Waals surface area contributed by atoms with E-state index in [2.05, 4.69) is 11.8 Å². The standard InChI is InChI=1S/C15H18O4/c1-4-15(5-2)14(12(17)18-6-3)9-7-8-13(10-14,11-16)19-15/h1-2,16H,6-11H2,3H3/t13-,14+/m1/s1. The predicted octanol–water partition coefficient (Wildman–Crippen LogP) is 0.876. The van der Waals surface area contributed by atoms with Crippen LogP contribution in [0.1, 0.15) is 32.6 Å². The normalized spacial score (nSPS) is 35.2. The molecule has 19 heavy (non-hydrogen) atoms. The summed E-state index contributed by atoms with van der Waals surface area (Å²) in [5.74, 6) is 4.52. The Balaban J connectivity index is 2.52. The molecule has 0 aromatic rings. The summed E-state index contributed by atoms with van der Waals surface area (Å²) < 4.78 is 11.0. The van der Waals surface area contributed by atoms with E-state index in [1.54, 1.807) is 6.92 Å². The van der Waals surface area contributed by atoms with Gasteiger partial charge in [0.05, 0.1) is 18.8 Å². The lowest BCUT2D eigenvalue weighted by Gasteiger charge is -2.36. The molecule has 1 aliphatic heterocycles. The fourth-order valence-corrected chi connectivity index (χ4v) is 3.38. The van der Waals surface area contributed by atoms with Crippen molar-refractivity contribution >= 4 is 5.97 Å². The smallest absolute Gasteiger partial charge is 0.317 e. The third-order valence-electron chi connectivity index (χ3n) is 4.26. The molecule has 0 amide bonds. The van der Waals surface area contributed by atoms with E-state index in [9.17, 15) is 9.90 Å². The summed E-state index contributed by atoms with van der Waals surface area (Å²) in [4.78, 5) is 12.4. The van der Waals surface area contributed by atoms with E-state index in [4.69, 9.17) is 22.3 Å². The summed E-state index contributed by atoms with van der Waals surface area (Å²) in [6, 6.07) is 0. The Morgan fingerprint density at radius 2 is 2.11 bits per heavy atom. The number of aliphatic hydroxyl groups excluding tert-OH is 1. The van der Waals surface area contributed by atoms with E-state index in [-0.39, 0.29) is 13.2 Å². The summed E-state index contributed by atoms with van der Waals surface area (Å²) in [6.45, 7) is 1.80. The molecule has 0 spiro atoms. The molecule has 1 heterocycles. The van der Waals surface area contributed by atoms with E-state index >= 15 is 0 Å².